The minimum absolute atomic E-state index is 0.0100. The third-order valence-electron chi connectivity index (χ3n) is 2.30. The van der Waals surface area contributed by atoms with Crippen molar-refractivity contribution in [1.82, 2.24) is 5.32 Å². The molecule has 1 aliphatic rings. The molecule has 1 aliphatic carbocycles. The average molecular weight is 301 g/mol. The van der Waals surface area contributed by atoms with Gasteiger partial charge in [0.05, 0.1) is 5.69 Å². The number of carbonyl (C=O) groups excluding carboxylic acids is 2. The van der Waals surface area contributed by atoms with Crippen LogP contribution in [0.3, 0.4) is 0 Å². The molecule has 0 aliphatic heterocycles. The number of anilines is 1. The molecule has 1 aromatic carbocycles. The molecule has 90 valence electrons. The van der Waals surface area contributed by atoms with Gasteiger partial charge in [0.25, 0.3) is 0 Å². The van der Waals surface area contributed by atoms with E-state index in [1.807, 2.05) is 0 Å². The van der Waals surface area contributed by atoms with Gasteiger partial charge < -0.3 is 10.6 Å². The van der Waals surface area contributed by atoms with Crippen LogP contribution in [0.2, 0.25) is 0 Å². The molecule has 0 atom stereocenters. The van der Waals surface area contributed by atoms with Gasteiger partial charge in [0.2, 0.25) is 0 Å². The van der Waals surface area contributed by atoms with E-state index >= 15 is 0 Å². The second-order valence-electron chi connectivity index (χ2n) is 3.83. The number of hydrogen-bond donors (Lipinski definition) is 2. The Morgan fingerprint density at radius 3 is 2.59 bits per heavy atom. The molecule has 2 N–H and O–H groups in total. The van der Waals surface area contributed by atoms with Crippen molar-refractivity contribution < 1.29 is 14.0 Å². The van der Waals surface area contributed by atoms with Gasteiger partial charge in [-0.25, -0.2) is 4.39 Å². The predicted octanol–water partition coefficient (Wildman–Crippen LogP) is 1.81. The Labute approximate surface area is 106 Å². The molecule has 0 heterocycles. The van der Waals surface area contributed by atoms with Crippen molar-refractivity contribution in [3.8, 4) is 0 Å². The van der Waals surface area contributed by atoms with E-state index in [0.717, 1.165) is 12.8 Å². The maximum atomic E-state index is 13.4. The Hall–Kier alpha value is -1.43. The third kappa shape index (κ3) is 3.26. The molecular weight excluding hydrogens is 291 g/mol. The van der Waals surface area contributed by atoms with Crippen LogP contribution in [0, 0.1) is 5.82 Å². The Bertz CT molecular complexity index is 475. The summed E-state index contributed by atoms with van der Waals surface area (Å²) in [5.41, 5.74) is -0.0100. The van der Waals surface area contributed by atoms with Gasteiger partial charge in [-0.2, -0.15) is 0 Å². The van der Waals surface area contributed by atoms with Crippen LogP contribution in [0.25, 0.3) is 0 Å². The first kappa shape index (κ1) is 12.0. The second-order valence-corrected chi connectivity index (χ2v) is 4.74. The van der Waals surface area contributed by atoms with Crippen LogP contribution in [0.15, 0.2) is 22.7 Å². The van der Waals surface area contributed by atoms with Gasteiger partial charge >= 0.3 is 11.8 Å². The minimum Gasteiger partial charge on any atom is -0.345 e. The molecule has 6 heteroatoms. The van der Waals surface area contributed by atoms with Crippen LogP contribution < -0.4 is 10.6 Å². The number of halogens is 2. The molecule has 4 nitrogen and oxygen atoms in total. The molecule has 2 rings (SSSR count). The molecule has 0 unspecified atom stereocenters. The second kappa shape index (κ2) is 4.83. The van der Waals surface area contributed by atoms with E-state index in [4.69, 9.17) is 0 Å². The summed E-state index contributed by atoms with van der Waals surface area (Å²) >= 11 is 3.10. The fourth-order valence-electron chi connectivity index (χ4n) is 1.25. The monoisotopic (exact) mass is 300 g/mol. The first-order valence-electron chi connectivity index (χ1n) is 5.13. The molecule has 2 amide bonds. The standard InChI is InChI=1S/C11H10BrFN2O2/c12-6-1-4-9(8(13)5-6)15-11(17)10(16)14-7-2-3-7/h1,4-5,7H,2-3H2,(H,14,16)(H,15,17). The summed E-state index contributed by atoms with van der Waals surface area (Å²) in [4.78, 5) is 22.7. The van der Waals surface area contributed by atoms with Gasteiger partial charge in [0, 0.05) is 10.5 Å². The maximum Gasteiger partial charge on any atom is 0.313 e. The topological polar surface area (TPSA) is 58.2 Å². The maximum absolute atomic E-state index is 13.4. The highest BCUT2D eigenvalue weighted by Crippen LogP contribution is 2.20. The van der Waals surface area contributed by atoms with Crippen LogP contribution in [0.4, 0.5) is 10.1 Å². The lowest BCUT2D eigenvalue weighted by molar-refractivity contribution is -0.136. The lowest BCUT2D eigenvalue weighted by Crippen LogP contribution is -2.36. The highest BCUT2D eigenvalue weighted by Gasteiger charge is 2.26. The molecule has 0 bridgehead atoms. The van der Waals surface area contributed by atoms with E-state index in [1.165, 1.54) is 12.1 Å². The van der Waals surface area contributed by atoms with E-state index in [2.05, 4.69) is 26.6 Å². The molecule has 0 saturated heterocycles. The summed E-state index contributed by atoms with van der Waals surface area (Å²) in [6.45, 7) is 0. The SMILES string of the molecule is O=C(Nc1ccc(Br)cc1F)C(=O)NC1CC1. The summed E-state index contributed by atoms with van der Waals surface area (Å²) < 4.78 is 13.9. The van der Waals surface area contributed by atoms with E-state index in [-0.39, 0.29) is 11.7 Å². The highest BCUT2D eigenvalue weighted by atomic mass is 79.9. The quantitative estimate of drug-likeness (QED) is 0.818. The average Bonchev–Trinajstić information content (AvgIpc) is 3.06. The zero-order valence-corrected chi connectivity index (χ0v) is 10.4. The normalized spacial score (nSPS) is 14.2. The number of nitrogens with one attached hydrogen (secondary N) is 2. The van der Waals surface area contributed by atoms with Gasteiger partial charge in [-0.1, -0.05) is 15.9 Å². The lowest BCUT2D eigenvalue weighted by atomic mass is 10.3. The van der Waals surface area contributed by atoms with Crippen LogP contribution in [0.5, 0.6) is 0 Å². The minimum atomic E-state index is -0.849. The van der Waals surface area contributed by atoms with Gasteiger partial charge in [0.1, 0.15) is 5.82 Å². The van der Waals surface area contributed by atoms with Gasteiger partial charge in [-0.05, 0) is 31.0 Å². The highest BCUT2D eigenvalue weighted by molar-refractivity contribution is 9.10. The first-order valence-corrected chi connectivity index (χ1v) is 5.92. The molecule has 0 aromatic heterocycles. The van der Waals surface area contributed by atoms with Crippen LogP contribution in [0.1, 0.15) is 12.8 Å². The summed E-state index contributed by atoms with van der Waals surface area (Å²) in [5, 5.41) is 4.75. The van der Waals surface area contributed by atoms with Crippen LogP contribution in [-0.4, -0.2) is 17.9 Å². The van der Waals surface area contributed by atoms with Crippen molar-refractivity contribution in [2.75, 3.05) is 5.32 Å². The molecule has 0 radical (unpaired) electrons. The fraction of sp³-hybridized carbons (Fsp3) is 0.273. The number of hydrogen-bond acceptors (Lipinski definition) is 2. The van der Waals surface area contributed by atoms with Crippen LogP contribution in [-0.2, 0) is 9.59 Å². The molecule has 0 spiro atoms. The van der Waals surface area contributed by atoms with Crippen molar-refractivity contribution in [1.29, 1.82) is 0 Å². The largest absolute Gasteiger partial charge is 0.345 e. The van der Waals surface area contributed by atoms with Crippen molar-refractivity contribution >= 4 is 33.4 Å². The number of rotatable bonds is 2. The Balaban J connectivity index is 1.99. The van der Waals surface area contributed by atoms with E-state index < -0.39 is 17.6 Å². The van der Waals surface area contributed by atoms with E-state index in [0.29, 0.717) is 4.47 Å². The third-order valence-corrected chi connectivity index (χ3v) is 2.79. The predicted molar refractivity (Wildman–Crippen MR) is 63.9 cm³/mol. The van der Waals surface area contributed by atoms with Crippen molar-refractivity contribution in [2.45, 2.75) is 18.9 Å². The smallest absolute Gasteiger partial charge is 0.313 e. The zero-order valence-electron chi connectivity index (χ0n) is 8.80. The lowest BCUT2D eigenvalue weighted by Gasteiger charge is -2.06. The number of benzene rings is 1. The number of carbonyl (C=O) groups is 2. The van der Waals surface area contributed by atoms with Crippen LogP contribution >= 0.6 is 15.9 Å². The van der Waals surface area contributed by atoms with Crippen molar-refractivity contribution in [2.24, 2.45) is 0 Å². The molecule has 1 fully saturated rings. The molecule has 17 heavy (non-hydrogen) atoms. The van der Waals surface area contributed by atoms with E-state index in [1.54, 1.807) is 6.07 Å². The molecular formula is C11H10BrFN2O2. The fourth-order valence-corrected chi connectivity index (χ4v) is 1.58. The van der Waals surface area contributed by atoms with E-state index in [9.17, 15) is 14.0 Å². The zero-order chi connectivity index (χ0) is 12.4. The molecule has 1 aromatic rings. The van der Waals surface area contributed by atoms with Gasteiger partial charge in [0.15, 0.2) is 0 Å². The van der Waals surface area contributed by atoms with Gasteiger partial charge in [-0.3, -0.25) is 9.59 Å². The number of amides is 2. The molecule has 1 saturated carbocycles. The summed E-state index contributed by atoms with van der Waals surface area (Å²) in [5.74, 6) is -2.17. The van der Waals surface area contributed by atoms with Gasteiger partial charge in [-0.15, -0.1) is 0 Å². The Morgan fingerprint density at radius 1 is 1.29 bits per heavy atom. The van der Waals surface area contributed by atoms with Crippen molar-refractivity contribution in [3.05, 3.63) is 28.5 Å². The summed E-state index contributed by atoms with van der Waals surface area (Å²) in [6.07, 6.45) is 1.79. The Kier molecular flexibility index (Phi) is 3.42. The summed E-state index contributed by atoms with van der Waals surface area (Å²) in [6, 6.07) is 4.29. The first-order chi connectivity index (χ1) is 8.06. The van der Waals surface area contributed by atoms with Crippen molar-refractivity contribution in [3.63, 3.8) is 0 Å². The Morgan fingerprint density at radius 2 is 2.00 bits per heavy atom. The summed E-state index contributed by atoms with van der Waals surface area (Å²) in [7, 11) is 0.